The third-order valence-corrected chi connectivity index (χ3v) is 7.49. The van der Waals surface area contributed by atoms with Crippen molar-refractivity contribution in [2.75, 3.05) is 4.90 Å². The third kappa shape index (κ3) is 3.11. The van der Waals surface area contributed by atoms with Gasteiger partial charge in [-0.1, -0.05) is 66.2 Å². The summed E-state index contributed by atoms with van der Waals surface area (Å²) in [5.74, 6) is -3.25. The zero-order valence-corrected chi connectivity index (χ0v) is 19.4. The van der Waals surface area contributed by atoms with Crippen molar-refractivity contribution in [3.05, 3.63) is 111 Å². The number of nitro groups is 1. The summed E-state index contributed by atoms with van der Waals surface area (Å²) in [6.45, 7) is 0. The first kappa shape index (κ1) is 22.2. The molecule has 0 bridgehead atoms. The van der Waals surface area contributed by atoms with Gasteiger partial charge < -0.3 is 4.90 Å². The highest BCUT2D eigenvalue weighted by atomic mass is 35.5. The number of hydrogen-bond donors (Lipinski definition) is 0. The van der Waals surface area contributed by atoms with Crippen LogP contribution in [-0.2, 0) is 9.59 Å². The van der Waals surface area contributed by atoms with Crippen LogP contribution in [0.1, 0.15) is 27.5 Å². The predicted octanol–water partition coefficient (Wildman–Crippen LogP) is 4.65. The molecule has 3 aliphatic rings. The number of imide groups is 1. The van der Waals surface area contributed by atoms with Crippen LogP contribution in [0.3, 0.4) is 0 Å². The lowest BCUT2D eigenvalue weighted by atomic mass is 9.83. The molecule has 178 valence electrons. The number of nitro benzene ring substituents is 1. The zero-order valence-electron chi connectivity index (χ0n) is 18.7. The van der Waals surface area contributed by atoms with Crippen molar-refractivity contribution in [1.29, 1.82) is 0 Å². The van der Waals surface area contributed by atoms with Crippen molar-refractivity contribution in [3.63, 3.8) is 0 Å². The maximum Gasteiger partial charge on any atom is 0.271 e. The minimum Gasteiger partial charge on any atom is -0.358 e. The van der Waals surface area contributed by atoms with Gasteiger partial charge in [0.1, 0.15) is 6.04 Å². The van der Waals surface area contributed by atoms with Gasteiger partial charge in [-0.05, 0) is 23.3 Å². The highest BCUT2D eigenvalue weighted by molar-refractivity contribution is 6.36. The summed E-state index contributed by atoms with van der Waals surface area (Å²) in [7, 11) is 0. The fraction of sp³-hybridized carbons (Fsp3) is 0.148. The smallest absolute Gasteiger partial charge is 0.271 e. The summed E-state index contributed by atoms with van der Waals surface area (Å²) >= 11 is 6.32. The van der Waals surface area contributed by atoms with Crippen LogP contribution in [0.5, 0.6) is 0 Å². The average Bonchev–Trinajstić information content (AvgIpc) is 3.37. The standard InChI is InChI=1S/C27H18ClN3O5/c28-19-11-10-17(31(35)36)14-20(19)30-26(33)21-22(27(30)34)24(25(32)16-7-2-1-3-8-16)29-13-12-15-6-4-5-9-18(15)23(21)29/h1-14,21-24H/t21-,22+,23-,24-/m0/s1. The molecule has 0 aliphatic carbocycles. The van der Waals surface area contributed by atoms with Crippen LogP contribution in [0, 0.1) is 22.0 Å². The number of halogens is 1. The predicted molar refractivity (Wildman–Crippen MR) is 132 cm³/mol. The number of anilines is 1. The number of Topliss-reactive ketones (excluding diaryl/α,β-unsaturated/α-hetero) is 1. The largest absolute Gasteiger partial charge is 0.358 e. The second-order valence-electron chi connectivity index (χ2n) is 8.97. The minimum absolute atomic E-state index is 0.0361. The van der Waals surface area contributed by atoms with Gasteiger partial charge in [0.2, 0.25) is 11.8 Å². The van der Waals surface area contributed by atoms with Crippen LogP contribution >= 0.6 is 11.6 Å². The SMILES string of the molecule is O=C(c1ccccc1)[C@@H]1[C@@H]2C(=O)N(c3cc([N+](=O)[O-])ccc3Cl)C(=O)[C@@H]2[C@@H]2c3ccccc3C=CN12. The first-order valence-corrected chi connectivity index (χ1v) is 11.7. The fourth-order valence-corrected chi connectivity index (χ4v) is 5.86. The van der Waals surface area contributed by atoms with E-state index in [1.807, 2.05) is 35.2 Å². The summed E-state index contributed by atoms with van der Waals surface area (Å²) in [5, 5.41) is 11.4. The van der Waals surface area contributed by atoms with E-state index in [9.17, 15) is 24.5 Å². The van der Waals surface area contributed by atoms with Crippen LogP contribution < -0.4 is 4.90 Å². The van der Waals surface area contributed by atoms with Crippen molar-refractivity contribution in [1.82, 2.24) is 4.90 Å². The summed E-state index contributed by atoms with van der Waals surface area (Å²) in [6.07, 6.45) is 3.66. The first-order valence-electron chi connectivity index (χ1n) is 11.3. The van der Waals surface area contributed by atoms with E-state index in [-0.39, 0.29) is 22.2 Å². The number of nitrogens with zero attached hydrogens (tertiary/aromatic N) is 3. The van der Waals surface area contributed by atoms with E-state index in [0.29, 0.717) is 5.56 Å². The molecular formula is C27H18ClN3O5. The van der Waals surface area contributed by atoms with Gasteiger partial charge >= 0.3 is 0 Å². The number of carbonyl (C=O) groups excluding carboxylic acids is 3. The number of carbonyl (C=O) groups is 3. The Balaban J connectivity index is 1.51. The fourth-order valence-electron chi connectivity index (χ4n) is 5.65. The van der Waals surface area contributed by atoms with E-state index < -0.39 is 40.7 Å². The molecule has 3 heterocycles. The molecule has 36 heavy (non-hydrogen) atoms. The van der Waals surface area contributed by atoms with Crippen molar-refractivity contribution < 1.29 is 19.3 Å². The van der Waals surface area contributed by atoms with Crippen LogP contribution in [-0.4, -0.2) is 33.5 Å². The van der Waals surface area contributed by atoms with Crippen LogP contribution in [0.2, 0.25) is 5.02 Å². The highest BCUT2D eigenvalue weighted by Crippen LogP contribution is 2.54. The Kier molecular flexibility index (Phi) is 5.01. The minimum atomic E-state index is -0.985. The molecule has 0 radical (unpaired) electrons. The lowest BCUT2D eigenvalue weighted by Crippen LogP contribution is -2.44. The summed E-state index contributed by atoms with van der Waals surface area (Å²) in [5.41, 5.74) is 1.83. The van der Waals surface area contributed by atoms with Crippen molar-refractivity contribution in [2.24, 2.45) is 11.8 Å². The molecule has 3 aliphatic heterocycles. The van der Waals surface area contributed by atoms with Gasteiger partial charge in [0.25, 0.3) is 5.69 Å². The van der Waals surface area contributed by atoms with Crippen molar-refractivity contribution >= 4 is 46.6 Å². The topological polar surface area (TPSA) is 101 Å². The van der Waals surface area contributed by atoms with Gasteiger partial charge in [-0.2, -0.15) is 0 Å². The molecule has 3 aromatic rings. The van der Waals surface area contributed by atoms with E-state index in [1.54, 1.807) is 36.5 Å². The Bertz CT molecular complexity index is 1490. The van der Waals surface area contributed by atoms with E-state index in [1.165, 1.54) is 12.1 Å². The average molecular weight is 500 g/mol. The monoisotopic (exact) mass is 499 g/mol. The Labute approximate surface area is 210 Å². The normalized spacial score (nSPS) is 23.9. The molecule has 2 amide bonds. The summed E-state index contributed by atoms with van der Waals surface area (Å²) in [6, 6.07) is 18.4. The van der Waals surface area contributed by atoms with E-state index >= 15 is 0 Å². The Morgan fingerprint density at radius 2 is 1.61 bits per heavy atom. The molecule has 0 unspecified atom stereocenters. The maximum atomic E-state index is 13.9. The highest BCUT2D eigenvalue weighted by Gasteiger charge is 2.64. The quantitative estimate of drug-likeness (QED) is 0.224. The number of ketones is 1. The summed E-state index contributed by atoms with van der Waals surface area (Å²) < 4.78 is 0. The number of non-ortho nitro benzene ring substituents is 1. The molecule has 0 saturated carbocycles. The van der Waals surface area contributed by atoms with E-state index in [0.717, 1.165) is 22.1 Å². The molecule has 0 N–H and O–H groups in total. The van der Waals surface area contributed by atoms with E-state index in [2.05, 4.69) is 0 Å². The number of fused-ring (bicyclic) bond motifs is 5. The van der Waals surface area contributed by atoms with Crippen LogP contribution in [0.15, 0.2) is 79.0 Å². The Hall–Kier alpha value is -4.30. The zero-order chi connectivity index (χ0) is 25.1. The van der Waals surface area contributed by atoms with Crippen LogP contribution in [0.25, 0.3) is 6.08 Å². The molecule has 4 atom stereocenters. The van der Waals surface area contributed by atoms with Gasteiger partial charge in [0.15, 0.2) is 5.78 Å². The number of benzene rings is 3. The van der Waals surface area contributed by atoms with E-state index in [4.69, 9.17) is 11.6 Å². The molecule has 6 rings (SSSR count). The van der Waals surface area contributed by atoms with Crippen LogP contribution in [0.4, 0.5) is 11.4 Å². The molecule has 3 aromatic carbocycles. The molecule has 0 spiro atoms. The molecular weight excluding hydrogens is 482 g/mol. The number of hydrogen-bond acceptors (Lipinski definition) is 6. The first-order chi connectivity index (χ1) is 17.4. The number of amides is 2. The lowest BCUT2D eigenvalue weighted by Gasteiger charge is -2.35. The van der Waals surface area contributed by atoms with Gasteiger partial charge in [0, 0.05) is 23.9 Å². The Morgan fingerprint density at radius 3 is 2.36 bits per heavy atom. The Morgan fingerprint density at radius 1 is 0.917 bits per heavy atom. The molecule has 0 aromatic heterocycles. The number of rotatable bonds is 4. The van der Waals surface area contributed by atoms with Gasteiger partial charge in [-0.25, -0.2) is 4.90 Å². The second kappa shape index (κ2) is 8.13. The third-order valence-electron chi connectivity index (χ3n) is 7.17. The second-order valence-corrected chi connectivity index (χ2v) is 9.38. The molecule has 2 saturated heterocycles. The van der Waals surface area contributed by atoms with Crippen molar-refractivity contribution in [2.45, 2.75) is 12.1 Å². The molecule has 8 nitrogen and oxygen atoms in total. The lowest BCUT2D eigenvalue weighted by molar-refractivity contribution is -0.384. The molecule has 9 heteroatoms. The van der Waals surface area contributed by atoms with Gasteiger partial charge in [0.05, 0.1) is 33.5 Å². The summed E-state index contributed by atoms with van der Waals surface area (Å²) in [4.78, 5) is 55.1. The molecule has 2 fully saturated rings. The van der Waals surface area contributed by atoms with Gasteiger partial charge in [-0.3, -0.25) is 24.5 Å². The maximum absolute atomic E-state index is 13.9. The van der Waals surface area contributed by atoms with Gasteiger partial charge in [-0.15, -0.1) is 0 Å². The van der Waals surface area contributed by atoms with Crippen molar-refractivity contribution in [3.8, 4) is 0 Å².